The van der Waals surface area contributed by atoms with Crippen LogP contribution in [0.25, 0.3) is 0 Å². The van der Waals surface area contributed by atoms with E-state index in [2.05, 4.69) is 4.74 Å². The van der Waals surface area contributed by atoms with Crippen molar-refractivity contribution in [1.82, 2.24) is 0 Å². The Hall–Kier alpha value is -1.27. The number of hydrogen-bond donors (Lipinski definition) is 1. The Morgan fingerprint density at radius 1 is 1.20 bits per heavy atom. The van der Waals surface area contributed by atoms with Crippen molar-refractivity contribution in [3.8, 4) is 5.75 Å². The summed E-state index contributed by atoms with van der Waals surface area (Å²) in [5, 5.41) is 10.7. The molecule has 1 aliphatic rings. The van der Waals surface area contributed by atoms with Crippen LogP contribution in [0.15, 0.2) is 24.3 Å². The van der Waals surface area contributed by atoms with E-state index in [0.717, 1.165) is 0 Å². The molecule has 0 spiro atoms. The first-order valence-corrected chi connectivity index (χ1v) is 6.43. The second kappa shape index (κ2) is 5.26. The van der Waals surface area contributed by atoms with Gasteiger partial charge in [0.1, 0.15) is 5.75 Å². The van der Waals surface area contributed by atoms with Gasteiger partial charge in [-0.1, -0.05) is 18.2 Å². The predicted molar refractivity (Wildman–Crippen MR) is 66.3 cm³/mol. The zero-order valence-electron chi connectivity index (χ0n) is 11.3. The van der Waals surface area contributed by atoms with E-state index in [0.29, 0.717) is 0 Å². The van der Waals surface area contributed by atoms with Crippen LogP contribution in [-0.4, -0.2) is 23.7 Å². The molecule has 1 N–H and O–H groups in total. The van der Waals surface area contributed by atoms with Crippen molar-refractivity contribution in [3.05, 3.63) is 29.8 Å². The van der Waals surface area contributed by atoms with Gasteiger partial charge in [-0.3, -0.25) is 0 Å². The summed E-state index contributed by atoms with van der Waals surface area (Å²) in [7, 11) is 0. The molecule has 0 bridgehead atoms. The van der Waals surface area contributed by atoms with Crippen LogP contribution in [0.4, 0.5) is 13.2 Å². The van der Waals surface area contributed by atoms with Crippen molar-refractivity contribution >= 4 is 0 Å². The SMILES string of the molecule is CC1CC(O)(c2ccccc2OC(F)(F)F)CC(C)O1. The van der Waals surface area contributed by atoms with Gasteiger partial charge in [-0.05, 0) is 19.9 Å². The Kier molecular flexibility index (Phi) is 3.97. The summed E-state index contributed by atoms with van der Waals surface area (Å²) in [6.45, 7) is 3.57. The molecule has 0 aliphatic carbocycles. The van der Waals surface area contributed by atoms with Crippen LogP contribution in [-0.2, 0) is 10.3 Å². The first kappa shape index (κ1) is 15.1. The Balaban J connectivity index is 2.36. The minimum absolute atomic E-state index is 0.152. The standard InChI is InChI=1S/C14H17F3O3/c1-9-7-13(18,8-10(2)19-9)11-5-3-4-6-12(11)20-14(15,16)17/h3-6,9-10,18H,7-8H2,1-2H3. The van der Waals surface area contributed by atoms with E-state index >= 15 is 0 Å². The average molecular weight is 290 g/mol. The molecule has 0 amide bonds. The minimum atomic E-state index is -4.78. The van der Waals surface area contributed by atoms with Gasteiger partial charge in [0.15, 0.2) is 0 Å². The van der Waals surface area contributed by atoms with Crippen molar-refractivity contribution in [2.24, 2.45) is 0 Å². The van der Waals surface area contributed by atoms with Crippen molar-refractivity contribution in [2.45, 2.75) is 50.9 Å². The second-order valence-corrected chi connectivity index (χ2v) is 5.24. The monoisotopic (exact) mass is 290 g/mol. The van der Waals surface area contributed by atoms with E-state index in [1.807, 2.05) is 0 Å². The smallest absolute Gasteiger partial charge is 0.405 e. The number of para-hydroxylation sites is 1. The Bertz CT molecular complexity index is 463. The fraction of sp³-hybridized carbons (Fsp3) is 0.571. The van der Waals surface area contributed by atoms with E-state index in [4.69, 9.17) is 4.74 Å². The normalized spacial score (nSPS) is 31.1. The lowest BCUT2D eigenvalue weighted by Crippen LogP contribution is -2.41. The molecule has 1 saturated heterocycles. The first-order chi connectivity index (χ1) is 9.20. The lowest BCUT2D eigenvalue weighted by atomic mass is 9.81. The van der Waals surface area contributed by atoms with Crippen LogP contribution < -0.4 is 4.74 Å². The van der Waals surface area contributed by atoms with Crippen LogP contribution in [0.2, 0.25) is 0 Å². The molecule has 0 aromatic heterocycles. The van der Waals surface area contributed by atoms with Gasteiger partial charge in [0, 0.05) is 18.4 Å². The molecule has 112 valence electrons. The van der Waals surface area contributed by atoms with Crippen LogP contribution in [0.1, 0.15) is 32.3 Å². The number of rotatable bonds is 2. The topological polar surface area (TPSA) is 38.7 Å². The first-order valence-electron chi connectivity index (χ1n) is 6.43. The largest absolute Gasteiger partial charge is 0.573 e. The summed E-state index contributed by atoms with van der Waals surface area (Å²) in [5.41, 5.74) is -1.22. The van der Waals surface area contributed by atoms with Gasteiger partial charge in [-0.2, -0.15) is 0 Å². The average Bonchev–Trinajstić information content (AvgIpc) is 2.25. The summed E-state index contributed by atoms with van der Waals surface area (Å²) in [6, 6.07) is 5.71. The highest BCUT2D eigenvalue weighted by Gasteiger charge is 2.42. The third kappa shape index (κ3) is 3.43. The van der Waals surface area contributed by atoms with Crippen LogP contribution in [0.3, 0.4) is 0 Å². The number of hydrogen-bond acceptors (Lipinski definition) is 3. The molecular weight excluding hydrogens is 273 g/mol. The minimum Gasteiger partial charge on any atom is -0.405 e. The summed E-state index contributed by atoms with van der Waals surface area (Å²) >= 11 is 0. The Labute approximate surface area is 115 Å². The summed E-state index contributed by atoms with van der Waals surface area (Å²) in [6.07, 6.45) is -4.79. The predicted octanol–water partition coefficient (Wildman–Crippen LogP) is 3.36. The lowest BCUT2D eigenvalue weighted by molar-refractivity contribution is -0.275. The van der Waals surface area contributed by atoms with Gasteiger partial charge < -0.3 is 14.6 Å². The third-order valence-electron chi connectivity index (χ3n) is 3.33. The number of ether oxygens (including phenoxy) is 2. The molecule has 0 saturated carbocycles. The maximum absolute atomic E-state index is 12.4. The second-order valence-electron chi connectivity index (χ2n) is 5.24. The molecule has 6 heteroatoms. The molecular formula is C14H17F3O3. The van der Waals surface area contributed by atoms with Crippen molar-refractivity contribution in [3.63, 3.8) is 0 Å². The van der Waals surface area contributed by atoms with Crippen molar-refractivity contribution < 1.29 is 27.8 Å². The van der Waals surface area contributed by atoms with E-state index in [9.17, 15) is 18.3 Å². The highest BCUT2D eigenvalue weighted by Crippen LogP contribution is 2.42. The fourth-order valence-electron chi connectivity index (χ4n) is 2.81. The zero-order valence-corrected chi connectivity index (χ0v) is 11.3. The fourth-order valence-corrected chi connectivity index (χ4v) is 2.81. The molecule has 1 heterocycles. The quantitative estimate of drug-likeness (QED) is 0.907. The molecule has 20 heavy (non-hydrogen) atoms. The van der Waals surface area contributed by atoms with Crippen molar-refractivity contribution in [1.29, 1.82) is 0 Å². The summed E-state index contributed by atoms with van der Waals surface area (Å²) in [5.74, 6) is -0.358. The van der Waals surface area contributed by atoms with E-state index < -0.39 is 12.0 Å². The molecule has 1 aliphatic heterocycles. The van der Waals surface area contributed by atoms with E-state index in [-0.39, 0.29) is 36.4 Å². The molecule has 1 aromatic rings. The van der Waals surface area contributed by atoms with Gasteiger partial charge >= 0.3 is 6.36 Å². The molecule has 0 radical (unpaired) electrons. The lowest BCUT2D eigenvalue weighted by Gasteiger charge is -2.40. The Morgan fingerprint density at radius 2 is 1.75 bits per heavy atom. The highest BCUT2D eigenvalue weighted by atomic mass is 19.4. The van der Waals surface area contributed by atoms with E-state index in [1.54, 1.807) is 19.9 Å². The maximum atomic E-state index is 12.4. The molecule has 1 fully saturated rings. The van der Waals surface area contributed by atoms with Crippen LogP contribution >= 0.6 is 0 Å². The number of halogens is 3. The summed E-state index contributed by atoms with van der Waals surface area (Å²) < 4.78 is 46.9. The van der Waals surface area contributed by atoms with Gasteiger partial charge in [-0.15, -0.1) is 13.2 Å². The Morgan fingerprint density at radius 3 is 2.30 bits per heavy atom. The van der Waals surface area contributed by atoms with Crippen molar-refractivity contribution in [2.75, 3.05) is 0 Å². The molecule has 1 aromatic carbocycles. The van der Waals surface area contributed by atoms with Crippen LogP contribution in [0.5, 0.6) is 5.75 Å². The van der Waals surface area contributed by atoms with Gasteiger partial charge in [0.05, 0.1) is 17.8 Å². The van der Waals surface area contributed by atoms with Gasteiger partial charge in [0.2, 0.25) is 0 Å². The number of benzene rings is 1. The highest BCUT2D eigenvalue weighted by molar-refractivity contribution is 5.38. The molecule has 3 nitrogen and oxygen atoms in total. The molecule has 2 atom stereocenters. The zero-order chi connectivity index (χ0) is 15.0. The van der Waals surface area contributed by atoms with Gasteiger partial charge in [0.25, 0.3) is 0 Å². The number of aliphatic hydroxyl groups is 1. The summed E-state index contributed by atoms with van der Waals surface area (Å²) in [4.78, 5) is 0. The molecule has 2 unspecified atom stereocenters. The van der Waals surface area contributed by atoms with Gasteiger partial charge in [-0.25, -0.2) is 0 Å². The third-order valence-corrected chi connectivity index (χ3v) is 3.33. The molecule has 2 rings (SSSR count). The maximum Gasteiger partial charge on any atom is 0.573 e. The van der Waals surface area contributed by atoms with E-state index in [1.165, 1.54) is 18.2 Å². The van der Waals surface area contributed by atoms with Crippen LogP contribution in [0, 0.1) is 0 Å². The number of alkyl halides is 3.